The molecule has 9 heavy (non-hydrogen) atoms. The van der Waals surface area contributed by atoms with E-state index in [1.165, 1.54) is 0 Å². The SMILES string of the molecule is Cc1[c]nn(C)c1CO. The molecule has 1 aromatic heterocycles. The predicted molar refractivity (Wildman–Crippen MR) is 32.7 cm³/mol. The predicted octanol–water partition coefficient (Wildman–Crippen LogP) is 0.0210. The first-order chi connectivity index (χ1) is 4.25. The van der Waals surface area contributed by atoms with Crippen molar-refractivity contribution in [3.63, 3.8) is 0 Å². The van der Waals surface area contributed by atoms with E-state index in [0.29, 0.717) is 0 Å². The summed E-state index contributed by atoms with van der Waals surface area (Å²) in [6.07, 6.45) is 2.74. The molecule has 0 unspecified atom stereocenters. The lowest BCUT2D eigenvalue weighted by Crippen LogP contribution is -1.98. The second-order valence-corrected chi connectivity index (χ2v) is 1.97. The van der Waals surface area contributed by atoms with Crippen molar-refractivity contribution in [3.8, 4) is 0 Å². The van der Waals surface area contributed by atoms with Crippen LogP contribution in [0.2, 0.25) is 0 Å². The smallest absolute Gasteiger partial charge is 0.116 e. The summed E-state index contributed by atoms with van der Waals surface area (Å²) in [5.74, 6) is 0. The normalized spacial score (nSPS) is 10.1. The summed E-state index contributed by atoms with van der Waals surface area (Å²) < 4.78 is 1.62. The number of aromatic nitrogens is 2. The summed E-state index contributed by atoms with van der Waals surface area (Å²) in [6.45, 7) is 1.91. The zero-order valence-corrected chi connectivity index (χ0v) is 5.55. The number of aryl methyl sites for hydroxylation is 2. The maximum atomic E-state index is 8.71. The van der Waals surface area contributed by atoms with Gasteiger partial charge >= 0.3 is 0 Å². The van der Waals surface area contributed by atoms with Gasteiger partial charge in [0.1, 0.15) is 6.20 Å². The van der Waals surface area contributed by atoms with E-state index in [0.717, 1.165) is 11.3 Å². The van der Waals surface area contributed by atoms with Crippen LogP contribution in [0.5, 0.6) is 0 Å². The molecule has 1 heterocycles. The molecule has 0 fully saturated rings. The van der Waals surface area contributed by atoms with Gasteiger partial charge in [0.25, 0.3) is 0 Å². The summed E-state index contributed by atoms with van der Waals surface area (Å²) in [4.78, 5) is 0. The molecule has 1 aromatic rings. The van der Waals surface area contributed by atoms with Crippen LogP contribution in [-0.4, -0.2) is 14.9 Å². The number of hydrogen-bond acceptors (Lipinski definition) is 2. The average molecular weight is 125 g/mol. The Morgan fingerprint density at radius 1 is 1.78 bits per heavy atom. The molecule has 1 N–H and O–H groups in total. The van der Waals surface area contributed by atoms with Gasteiger partial charge in [-0.2, -0.15) is 5.10 Å². The van der Waals surface area contributed by atoms with Crippen molar-refractivity contribution in [2.75, 3.05) is 0 Å². The minimum atomic E-state index is 0.0405. The monoisotopic (exact) mass is 125 g/mol. The van der Waals surface area contributed by atoms with Crippen LogP contribution in [0.1, 0.15) is 11.3 Å². The third-order valence-electron chi connectivity index (χ3n) is 1.34. The van der Waals surface area contributed by atoms with E-state index in [9.17, 15) is 0 Å². The highest BCUT2D eigenvalue weighted by Gasteiger charge is 2.00. The molecule has 0 spiro atoms. The quantitative estimate of drug-likeness (QED) is 0.574. The molecule has 1 rings (SSSR count). The van der Waals surface area contributed by atoms with Gasteiger partial charge in [-0.15, -0.1) is 0 Å². The third-order valence-corrected chi connectivity index (χ3v) is 1.34. The molecular weight excluding hydrogens is 116 g/mol. The molecule has 49 valence electrons. The first-order valence-electron chi connectivity index (χ1n) is 2.76. The molecule has 0 bridgehead atoms. The molecule has 0 aromatic carbocycles. The average Bonchev–Trinajstić information content (AvgIpc) is 2.12. The number of rotatable bonds is 1. The molecule has 0 atom stereocenters. The van der Waals surface area contributed by atoms with E-state index in [4.69, 9.17) is 5.11 Å². The van der Waals surface area contributed by atoms with Gasteiger partial charge in [-0.1, -0.05) is 0 Å². The van der Waals surface area contributed by atoms with E-state index >= 15 is 0 Å². The Bertz CT molecular complexity index is 185. The fraction of sp³-hybridized carbons (Fsp3) is 0.500. The van der Waals surface area contributed by atoms with Gasteiger partial charge in [0.2, 0.25) is 0 Å². The standard InChI is InChI=1S/C6H9N2O/c1-5-3-7-8(2)6(5)4-9/h9H,4H2,1-2H3. The molecular formula is C6H9N2O. The zero-order chi connectivity index (χ0) is 6.85. The van der Waals surface area contributed by atoms with Gasteiger partial charge in [-0.25, -0.2) is 0 Å². The number of hydrogen-bond donors (Lipinski definition) is 1. The van der Waals surface area contributed by atoms with Gasteiger partial charge in [0.15, 0.2) is 0 Å². The van der Waals surface area contributed by atoms with E-state index in [2.05, 4.69) is 11.3 Å². The van der Waals surface area contributed by atoms with E-state index in [1.54, 1.807) is 11.7 Å². The van der Waals surface area contributed by atoms with Crippen LogP contribution in [0.4, 0.5) is 0 Å². The highest BCUT2D eigenvalue weighted by Crippen LogP contribution is 2.02. The van der Waals surface area contributed by atoms with Crippen LogP contribution in [-0.2, 0) is 13.7 Å². The summed E-state index contributed by atoms with van der Waals surface area (Å²) >= 11 is 0. The first-order valence-corrected chi connectivity index (χ1v) is 2.76. The minimum Gasteiger partial charge on any atom is -0.390 e. The molecule has 3 nitrogen and oxygen atoms in total. The Morgan fingerprint density at radius 3 is 2.67 bits per heavy atom. The summed E-state index contributed by atoms with van der Waals surface area (Å²) in [5.41, 5.74) is 1.75. The number of nitrogens with zero attached hydrogens (tertiary/aromatic N) is 2. The highest BCUT2D eigenvalue weighted by molar-refractivity contribution is 5.12. The molecule has 0 aliphatic carbocycles. The van der Waals surface area contributed by atoms with Crippen molar-refractivity contribution in [1.82, 2.24) is 9.78 Å². The van der Waals surface area contributed by atoms with Crippen molar-refractivity contribution in [2.45, 2.75) is 13.5 Å². The van der Waals surface area contributed by atoms with Crippen molar-refractivity contribution >= 4 is 0 Å². The van der Waals surface area contributed by atoms with Crippen molar-refractivity contribution in [2.24, 2.45) is 7.05 Å². The van der Waals surface area contributed by atoms with Crippen molar-refractivity contribution < 1.29 is 5.11 Å². The largest absolute Gasteiger partial charge is 0.390 e. The van der Waals surface area contributed by atoms with E-state index in [-0.39, 0.29) is 6.61 Å². The maximum absolute atomic E-state index is 8.71. The van der Waals surface area contributed by atoms with E-state index in [1.807, 2.05) is 6.92 Å². The van der Waals surface area contributed by atoms with Gasteiger partial charge in [-0.05, 0) is 6.92 Å². The molecule has 1 radical (unpaired) electrons. The van der Waals surface area contributed by atoms with Crippen LogP contribution in [0.15, 0.2) is 0 Å². The number of aliphatic hydroxyl groups excluding tert-OH is 1. The summed E-state index contributed by atoms with van der Waals surface area (Å²) in [5, 5.41) is 12.5. The Morgan fingerprint density at radius 2 is 2.44 bits per heavy atom. The highest BCUT2D eigenvalue weighted by atomic mass is 16.3. The second-order valence-electron chi connectivity index (χ2n) is 1.97. The molecule has 0 amide bonds. The summed E-state index contributed by atoms with van der Waals surface area (Å²) in [7, 11) is 1.79. The van der Waals surface area contributed by atoms with Gasteiger partial charge in [0.05, 0.1) is 12.3 Å². The Balaban J connectivity index is 3.07. The topological polar surface area (TPSA) is 38.0 Å². The van der Waals surface area contributed by atoms with Crippen LogP contribution in [0.3, 0.4) is 0 Å². The second kappa shape index (κ2) is 2.19. The molecule has 0 aliphatic rings. The Hall–Kier alpha value is -0.830. The van der Waals surface area contributed by atoms with Crippen LogP contribution < -0.4 is 0 Å². The van der Waals surface area contributed by atoms with Crippen molar-refractivity contribution in [1.29, 1.82) is 0 Å². The molecule has 0 aliphatic heterocycles. The van der Waals surface area contributed by atoms with Crippen LogP contribution >= 0.6 is 0 Å². The summed E-state index contributed by atoms with van der Waals surface area (Å²) in [6, 6.07) is 0. The Labute approximate surface area is 53.9 Å². The zero-order valence-electron chi connectivity index (χ0n) is 5.55. The van der Waals surface area contributed by atoms with E-state index < -0.39 is 0 Å². The molecule has 0 saturated heterocycles. The minimum absolute atomic E-state index is 0.0405. The lowest BCUT2D eigenvalue weighted by molar-refractivity contribution is 0.270. The fourth-order valence-corrected chi connectivity index (χ4v) is 0.739. The maximum Gasteiger partial charge on any atom is 0.116 e. The third kappa shape index (κ3) is 0.954. The Kier molecular flexibility index (Phi) is 1.53. The van der Waals surface area contributed by atoms with Gasteiger partial charge in [0, 0.05) is 12.6 Å². The van der Waals surface area contributed by atoms with Gasteiger partial charge in [-0.3, -0.25) is 4.68 Å². The van der Waals surface area contributed by atoms with Crippen LogP contribution in [0, 0.1) is 13.1 Å². The molecule has 0 saturated carbocycles. The molecule has 3 heteroatoms. The fourth-order valence-electron chi connectivity index (χ4n) is 0.739. The van der Waals surface area contributed by atoms with Crippen molar-refractivity contribution in [3.05, 3.63) is 17.5 Å². The van der Waals surface area contributed by atoms with Gasteiger partial charge < -0.3 is 5.11 Å². The van der Waals surface area contributed by atoms with Crippen LogP contribution in [0.25, 0.3) is 0 Å². The lowest BCUT2D eigenvalue weighted by Gasteiger charge is -1.95. The first kappa shape index (κ1) is 6.29. The lowest BCUT2D eigenvalue weighted by atomic mass is 10.3. The number of aliphatic hydroxyl groups is 1.